The fourth-order valence-corrected chi connectivity index (χ4v) is 1.37. The van der Waals surface area contributed by atoms with E-state index in [4.69, 9.17) is 14.6 Å². The molecule has 0 fully saturated rings. The van der Waals surface area contributed by atoms with Gasteiger partial charge in [0.25, 0.3) is 0 Å². The largest absolute Gasteiger partial charge is 0.491 e. The molecule has 0 aliphatic carbocycles. The van der Waals surface area contributed by atoms with Crippen LogP contribution in [0.25, 0.3) is 0 Å². The molecule has 0 saturated heterocycles. The number of ether oxygens (including phenoxy) is 2. The van der Waals surface area contributed by atoms with Crippen LogP contribution in [0.3, 0.4) is 0 Å². The number of aliphatic hydroxyl groups excluding tert-OH is 1. The summed E-state index contributed by atoms with van der Waals surface area (Å²) in [7, 11) is 1.64. The summed E-state index contributed by atoms with van der Waals surface area (Å²) >= 11 is 0. The van der Waals surface area contributed by atoms with Gasteiger partial charge >= 0.3 is 0 Å². The fourth-order valence-electron chi connectivity index (χ4n) is 1.37. The Bertz CT molecular complexity index is 308. The molecule has 0 heterocycles. The number of aliphatic hydroxyl groups is 1. The SMILES string of the molecule is COCc1cc(CO)ccc1OC(C)C. The molecule has 0 amide bonds. The van der Waals surface area contributed by atoms with Gasteiger partial charge in [0.15, 0.2) is 0 Å². The lowest BCUT2D eigenvalue weighted by Gasteiger charge is -2.14. The van der Waals surface area contributed by atoms with Gasteiger partial charge in [-0.2, -0.15) is 0 Å². The Morgan fingerprint density at radius 1 is 1.33 bits per heavy atom. The van der Waals surface area contributed by atoms with Crippen LogP contribution in [-0.4, -0.2) is 18.3 Å². The molecule has 0 aliphatic rings. The van der Waals surface area contributed by atoms with Crippen molar-refractivity contribution in [2.24, 2.45) is 0 Å². The highest BCUT2D eigenvalue weighted by Crippen LogP contribution is 2.22. The summed E-state index contributed by atoms with van der Waals surface area (Å²) < 4.78 is 10.7. The van der Waals surface area contributed by atoms with E-state index in [9.17, 15) is 0 Å². The summed E-state index contributed by atoms with van der Waals surface area (Å²) in [5, 5.41) is 9.02. The van der Waals surface area contributed by atoms with Gasteiger partial charge in [0.1, 0.15) is 5.75 Å². The van der Waals surface area contributed by atoms with Gasteiger partial charge in [-0.15, -0.1) is 0 Å². The maximum atomic E-state index is 9.02. The minimum absolute atomic E-state index is 0.0404. The van der Waals surface area contributed by atoms with E-state index in [1.165, 1.54) is 0 Å². The lowest BCUT2D eigenvalue weighted by Crippen LogP contribution is -2.08. The molecule has 0 spiro atoms. The first-order valence-corrected chi connectivity index (χ1v) is 5.05. The molecule has 3 heteroatoms. The zero-order valence-electron chi connectivity index (χ0n) is 9.49. The van der Waals surface area contributed by atoms with E-state index in [1.807, 2.05) is 32.0 Å². The minimum atomic E-state index is 0.0404. The van der Waals surface area contributed by atoms with E-state index >= 15 is 0 Å². The van der Waals surface area contributed by atoms with Gasteiger partial charge in [0, 0.05) is 12.7 Å². The third-order valence-corrected chi connectivity index (χ3v) is 1.97. The first kappa shape index (κ1) is 12.0. The maximum absolute atomic E-state index is 9.02. The monoisotopic (exact) mass is 210 g/mol. The van der Waals surface area contributed by atoms with Crippen molar-refractivity contribution in [3.8, 4) is 5.75 Å². The highest BCUT2D eigenvalue weighted by Gasteiger charge is 2.06. The molecule has 1 aromatic carbocycles. The van der Waals surface area contributed by atoms with Crippen LogP contribution >= 0.6 is 0 Å². The Balaban J connectivity index is 2.92. The molecule has 1 rings (SSSR count). The molecule has 3 nitrogen and oxygen atoms in total. The first-order valence-electron chi connectivity index (χ1n) is 5.05. The van der Waals surface area contributed by atoms with Crippen molar-refractivity contribution in [3.05, 3.63) is 29.3 Å². The molecule has 0 aliphatic heterocycles. The number of rotatable bonds is 5. The van der Waals surface area contributed by atoms with Crippen molar-refractivity contribution >= 4 is 0 Å². The van der Waals surface area contributed by atoms with Gasteiger partial charge in [-0.3, -0.25) is 0 Å². The van der Waals surface area contributed by atoms with E-state index in [0.29, 0.717) is 6.61 Å². The molecule has 15 heavy (non-hydrogen) atoms. The number of benzene rings is 1. The maximum Gasteiger partial charge on any atom is 0.125 e. The van der Waals surface area contributed by atoms with Crippen LogP contribution < -0.4 is 4.74 Å². The second-order valence-electron chi connectivity index (χ2n) is 3.70. The summed E-state index contributed by atoms with van der Waals surface area (Å²) in [5.41, 5.74) is 1.84. The average Bonchev–Trinajstić information content (AvgIpc) is 2.20. The molecule has 84 valence electrons. The average molecular weight is 210 g/mol. The minimum Gasteiger partial charge on any atom is -0.491 e. The smallest absolute Gasteiger partial charge is 0.125 e. The van der Waals surface area contributed by atoms with Crippen LogP contribution in [0.2, 0.25) is 0 Å². The highest BCUT2D eigenvalue weighted by molar-refractivity contribution is 5.36. The molecule has 1 aromatic rings. The Morgan fingerprint density at radius 3 is 2.60 bits per heavy atom. The molecule has 0 unspecified atom stereocenters. The second kappa shape index (κ2) is 5.73. The van der Waals surface area contributed by atoms with Crippen LogP contribution in [-0.2, 0) is 18.0 Å². The quantitative estimate of drug-likeness (QED) is 0.809. The molecule has 0 saturated carbocycles. The van der Waals surface area contributed by atoms with Gasteiger partial charge in [0.05, 0.1) is 19.3 Å². The Morgan fingerprint density at radius 2 is 2.07 bits per heavy atom. The van der Waals surface area contributed by atoms with Crippen LogP contribution in [0.5, 0.6) is 5.75 Å². The van der Waals surface area contributed by atoms with Gasteiger partial charge in [-0.25, -0.2) is 0 Å². The van der Waals surface area contributed by atoms with E-state index in [0.717, 1.165) is 16.9 Å². The molecule has 0 atom stereocenters. The van der Waals surface area contributed by atoms with E-state index < -0.39 is 0 Å². The Kier molecular flexibility index (Phi) is 4.59. The fraction of sp³-hybridized carbons (Fsp3) is 0.500. The van der Waals surface area contributed by atoms with Crippen molar-refractivity contribution in [3.63, 3.8) is 0 Å². The van der Waals surface area contributed by atoms with Crippen molar-refractivity contribution in [2.75, 3.05) is 7.11 Å². The summed E-state index contributed by atoms with van der Waals surface area (Å²) in [6.07, 6.45) is 0.139. The van der Waals surface area contributed by atoms with Crippen molar-refractivity contribution < 1.29 is 14.6 Å². The molecule has 1 N–H and O–H groups in total. The van der Waals surface area contributed by atoms with Gasteiger partial charge < -0.3 is 14.6 Å². The molecular formula is C12H18O3. The topological polar surface area (TPSA) is 38.7 Å². The third-order valence-electron chi connectivity index (χ3n) is 1.97. The summed E-state index contributed by atoms with van der Waals surface area (Å²) in [4.78, 5) is 0. The van der Waals surface area contributed by atoms with E-state index in [-0.39, 0.29) is 12.7 Å². The zero-order valence-corrected chi connectivity index (χ0v) is 9.49. The highest BCUT2D eigenvalue weighted by atomic mass is 16.5. The normalized spacial score (nSPS) is 10.7. The van der Waals surface area contributed by atoms with Gasteiger partial charge in [-0.05, 0) is 31.5 Å². The van der Waals surface area contributed by atoms with Crippen molar-refractivity contribution in [1.29, 1.82) is 0 Å². The first-order chi connectivity index (χ1) is 7.17. The summed E-state index contributed by atoms with van der Waals surface area (Å²) in [6, 6.07) is 5.64. The predicted molar refractivity (Wildman–Crippen MR) is 58.8 cm³/mol. The van der Waals surface area contributed by atoms with Crippen molar-refractivity contribution in [2.45, 2.75) is 33.2 Å². The Hall–Kier alpha value is -1.06. The van der Waals surface area contributed by atoms with E-state index in [2.05, 4.69) is 0 Å². The van der Waals surface area contributed by atoms with Gasteiger partial charge in [0.2, 0.25) is 0 Å². The summed E-state index contributed by atoms with van der Waals surface area (Å²) in [6.45, 7) is 4.50. The Labute approximate surface area is 90.6 Å². The molecule has 0 radical (unpaired) electrons. The van der Waals surface area contributed by atoms with Crippen LogP contribution in [0.1, 0.15) is 25.0 Å². The predicted octanol–water partition coefficient (Wildman–Crippen LogP) is 2.11. The number of methoxy groups -OCH3 is 1. The molecular weight excluding hydrogens is 192 g/mol. The van der Waals surface area contributed by atoms with Crippen LogP contribution in [0.4, 0.5) is 0 Å². The number of hydrogen-bond acceptors (Lipinski definition) is 3. The van der Waals surface area contributed by atoms with Crippen LogP contribution in [0.15, 0.2) is 18.2 Å². The number of hydrogen-bond donors (Lipinski definition) is 1. The van der Waals surface area contributed by atoms with Crippen LogP contribution in [0, 0.1) is 0 Å². The lowest BCUT2D eigenvalue weighted by atomic mass is 10.1. The second-order valence-corrected chi connectivity index (χ2v) is 3.70. The van der Waals surface area contributed by atoms with Crippen molar-refractivity contribution in [1.82, 2.24) is 0 Å². The lowest BCUT2D eigenvalue weighted by molar-refractivity contribution is 0.174. The molecule has 0 aromatic heterocycles. The van der Waals surface area contributed by atoms with Gasteiger partial charge in [-0.1, -0.05) is 6.07 Å². The standard InChI is InChI=1S/C12H18O3/c1-9(2)15-12-5-4-10(7-13)6-11(12)8-14-3/h4-6,9,13H,7-8H2,1-3H3. The van der Waals surface area contributed by atoms with E-state index in [1.54, 1.807) is 7.11 Å². The zero-order chi connectivity index (χ0) is 11.3. The summed E-state index contributed by atoms with van der Waals surface area (Å²) in [5.74, 6) is 0.823. The third kappa shape index (κ3) is 3.53. The molecule has 0 bridgehead atoms.